The van der Waals surface area contributed by atoms with Crippen molar-refractivity contribution in [1.82, 2.24) is 5.32 Å². The average Bonchev–Trinajstić information content (AvgIpc) is 2.99. The third-order valence-corrected chi connectivity index (χ3v) is 2.95. The van der Waals surface area contributed by atoms with Gasteiger partial charge in [0.15, 0.2) is 0 Å². The van der Waals surface area contributed by atoms with Crippen molar-refractivity contribution >= 4 is 0 Å². The van der Waals surface area contributed by atoms with Gasteiger partial charge in [0, 0.05) is 6.04 Å². The molecule has 1 N–H and O–H groups in total. The Balaban J connectivity index is 2.13. The van der Waals surface area contributed by atoms with E-state index in [9.17, 15) is 0 Å². The molecule has 1 aliphatic carbocycles. The molecule has 0 saturated heterocycles. The van der Waals surface area contributed by atoms with E-state index in [1.807, 2.05) is 0 Å². The SMILES string of the molecule is CCNC(c1ccc(C)cc1)C1CC1. The van der Waals surface area contributed by atoms with Crippen molar-refractivity contribution in [3.8, 4) is 0 Å². The first-order chi connectivity index (χ1) is 6.81. The number of aryl methyl sites for hydroxylation is 1. The van der Waals surface area contributed by atoms with Crippen molar-refractivity contribution < 1.29 is 0 Å². The minimum absolute atomic E-state index is 0.598. The number of benzene rings is 1. The van der Waals surface area contributed by atoms with Gasteiger partial charge in [-0.1, -0.05) is 36.8 Å². The molecular weight excluding hydrogens is 170 g/mol. The van der Waals surface area contributed by atoms with Crippen molar-refractivity contribution in [2.45, 2.75) is 32.7 Å². The van der Waals surface area contributed by atoms with Crippen molar-refractivity contribution in [2.75, 3.05) is 6.54 Å². The monoisotopic (exact) mass is 189 g/mol. The largest absolute Gasteiger partial charge is 0.310 e. The molecule has 1 saturated carbocycles. The summed E-state index contributed by atoms with van der Waals surface area (Å²) in [5.41, 5.74) is 2.81. The molecule has 1 aromatic carbocycles. The molecule has 1 aliphatic rings. The van der Waals surface area contributed by atoms with E-state index in [4.69, 9.17) is 0 Å². The normalized spacial score (nSPS) is 18.1. The summed E-state index contributed by atoms with van der Waals surface area (Å²) < 4.78 is 0. The lowest BCUT2D eigenvalue weighted by Crippen LogP contribution is -2.22. The van der Waals surface area contributed by atoms with Crippen LogP contribution < -0.4 is 5.32 Å². The van der Waals surface area contributed by atoms with Gasteiger partial charge in [-0.3, -0.25) is 0 Å². The van der Waals surface area contributed by atoms with Crippen LogP contribution in [0.2, 0.25) is 0 Å². The number of hydrogen-bond donors (Lipinski definition) is 1. The standard InChI is InChI=1S/C13H19N/c1-3-14-13(12-8-9-12)11-6-4-10(2)5-7-11/h4-7,12-14H,3,8-9H2,1-2H3. The molecule has 2 rings (SSSR count). The quantitative estimate of drug-likeness (QED) is 0.767. The molecular formula is C13H19N. The molecule has 0 radical (unpaired) electrons. The average molecular weight is 189 g/mol. The third-order valence-electron chi connectivity index (χ3n) is 2.95. The van der Waals surface area contributed by atoms with Gasteiger partial charge >= 0.3 is 0 Å². The Bertz CT molecular complexity index is 285. The highest BCUT2D eigenvalue weighted by atomic mass is 14.9. The van der Waals surface area contributed by atoms with Gasteiger partial charge in [-0.25, -0.2) is 0 Å². The van der Waals surface area contributed by atoms with Gasteiger partial charge in [-0.2, -0.15) is 0 Å². The summed E-state index contributed by atoms with van der Waals surface area (Å²) in [6.45, 7) is 5.39. The number of rotatable bonds is 4. The summed E-state index contributed by atoms with van der Waals surface area (Å²) in [5, 5.41) is 3.58. The molecule has 0 heterocycles. The van der Waals surface area contributed by atoms with E-state index in [0.29, 0.717) is 6.04 Å². The molecule has 0 aliphatic heterocycles. The molecule has 76 valence electrons. The zero-order valence-corrected chi connectivity index (χ0v) is 9.09. The fraction of sp³-hybridized carbons (Fsp3) is 0.538. The van der Waals surface area contributed by atoms with Gasteiger partial charge in [0.05, 0.1) is 0 Å². The van der Waals surface area contributed by atoms with Gasteiger partial charge in [-0.05, 0) is 37.8 Å². The summed E-state index contributed by atoms with van der Waals surface area (Å²) in [4.78, 5) is 0. The van der Waals surface area contributed by atoms with E-state index in [1.165, 1.54) is 24.0 Å². The number of hydrogen-bond acceptors (Lipinski definition) is 1. The van der Waals surface area contributed by atoms with Gasteiger partial charge in [-0.15, -0.1) is 0 Å². The van der Waals surface area contributed by atoms with Gasteiger partial charge in [0.2, 0.25) is 0 Å². The maximum Gasteiger partial charge on any atom is 0.0348 e. The summed E-state index contributed by atoms with van der Waals surface area (Å²) in [7, 11) is 0. The Labute approximate surface area is 86.5 Å². The minimum atomic E-state index is 0.598. The second-order valence-electron chi connectivity index (χ2n) is 4.28. The second-order valence-corrected chi connectivity index (χ2v) is 4.28. The van der Waals surface area contributed by atoms with Crippen molar-refractivity contribution in [3.05, 3.63) is 35.4 Å². The Hall–Kier alpha value is -0.820. The van der Waals surface area contributed by atoms with Crippen LogP contribution in [0.5, 0.6) is 0 Å². The molecule has 0 amide bonds. The van der Waals surface area contributed by atoms with Crippen LogP contribution in [0.3, 0.4) is 0 Å². The molecule has 1 aromatic rings. The smallest absolute Gasteiger partial charge is 0.0348 e. The molecule has 1 heteroatoms. The van der Waals surface area contributed by atoms with E-state index in [-0.39, 0.29) is 0 Å². The first-order valence-electron chi connectivity index (χ1n) is 5.61. The Kier molecular flexibility index (Phi) is 2.87. The Morgan fingerprint density at radius 1 is 1.29 bits per heavy atom. The minimum Gasteiger partial charge on any atom is -0.310 e. The van der Waals surface area contributed by atoms with Crippen LogP contribution in [0.1, 0.15) is 36.9 Å². The fourth-order valence-corrected chi connectivity index (χ4v) is 1.98. The highest BCUT2D eigenvalue weighted by molar-refractivity contribution is 5.25. The van der Waals surface area contributed by atoms with E-state index in [1.54, 1.807) is 0 Å². The van der Waals surface area contributed by atoms with E-state index >= 15 is 0 Å². The highest BCUT2D eigenvalue weighted by Gasteiger charge is 2.31. The summed E-state index contributed by atoms with van der Waals surface area (Å²) in [5.74, 6) is 0.887. The van der Waals surface area contributed by atoms with Crippen LogP contribution in [0, 0.1) is 12.8 Å². The van der Waals surface area contributed by atoms with Crippen LogP contribution in [0.4, 0.5) is 0 Å². The number of nitrogens with one attached hydrogen (secondary N) is 1. The predicted molar refractivity (Wildman–Crippen MR) is 60.3 cm³/mol. The van der Waals surface area contributed by atoms with Crippen LogP contribution >= 0.6 is 0 Å². The maximum atomic E-state index is 3.58. The van der Waals surface area contributed by atoms with E-state index < -0.39 is 0 Å². The molecule has 0 bridgehead atoms. The van der Waals surface area contributed by atoms with E-state index in [2.05, 4.69) is 43.4 Å². The second kappa shape index (κ2) is 4.14. The lowest BCUT2D eigenvalue weighted by Gasteiger charge is -2.17. The summed E-state index contributed by atoms with van der Waals surface area (Å²) in [6.07, 6.45) is 2.79. The molecule has 1 fully saturated rings. The topological polar surface area (TPSA) is 12.0 Å². The molecule has 1 unspecified atom stereocenters. The fourth-order valence-electron chi connectivity index (χ4n) is 1.98. The zero-order valence-electron chi connectivity index (χ0n) is 9.09. The first-order valence-corrected chi connectivity index (χ1v) is 5.61. The molecule has 0 aromatic heterocycles. The third kappa shape index (κ3) is 2.16. The lowest BCUT2D eigenvalue weighted by atomic mass is 10.0. The Morgan fingerprint density at radius 2 is 1.93 bits per heavy atom. The van der Waals surface area contributed by atoms with Crippen molar-refractivity contribution in [2.24, 2.45) is 5.92 Å². The molecule has 1 nitrogen and oxygen atoms in total. The first kappa shape index (κ1) is 9.72. The van der Waals surface area contributed by atoms with Crippen molar-refractivity contribution in [3.63, 3.8) is 0 Å². The zero-order chi connectivity index (χ0) is 9.97. The molecule has 14 heavy (non-hydrogen) atoms. The summed E-state index contributed by atoms with van der Waals surface area (Å²) in [6, 6.07) is 9.55. The lowest BCUT2D eigenvalue weighted by molar-refractivity contribution is 0.496. The van der Waals surface area contributed by atoms with Crippen LogP contribution in [0.15, 0.2) is 24.3 Å². The molecule has 0 spiro atoms. The maximum absolute atomic E-state index is 3.58. The predicted octanol–water partition coefficient (Wildman–Crippen LogP) is 3.06. The van der Waals surface area contributed by atoms with Crippen molar-refractivity contribution in [1.29, 1.82) is 0 Å². The van der Waals surface area contributed by atoms with Gasteiger partial charge < -0.3 is 5.32 Å². The van der Waals surface area contributed by atoms with Crippen LogP contribution in [-0.4, -0.2) is 6.54 Å². The Morgan fingerprint density at radius 3 is 2.43 bits per heavy atom. The highest BCUT2D eigenvalue weighted by Crippen LogP contribution is 2.40. The molecule has 1 atom stereocenters. The van der Waals surface area contributed by atoms with Gasteiger partial charge in [0.1, 0.15) is 0 Å². The van der Waals surface area contributed by atoms with E-state index in [0.717, 1.165) is 12.5 Å². The summed E-state index contributed by atoms with van der Waals surface area (Å²) >= 11 is 0. The van der Waals surface area contributed by atoms with Gasteiger partial charge in [0.25, 0.3) is 0 Å². The van der Waals surface area contributed by atoms with Crippen LogP contribution in [-0.2, 0) is 0 Å². The van der Waals surface area contributed by atoms with Crippen LogP contribution in [0.25, 0.3) is 0 Å².